The number of halogens is 1. The molecule has 174 valence electrons. The van der Waals surface area contributed by atoms with E-state index in [-0.39, 0.29) is 24.0 Å². The predicted octanol–water partition coefficient (Wildman–Crippen LogP) is 5.55. The Hall–Kier alpha value is -4.13. The molecule has 0 unspecified atom stereocenters. The van der Waals surface area contributed by atoms with Gasteiger partial charge in [0.15, 0.2) is 17.2 Å². The molecule has 0 aliphatic carbocycles. The summed E-state index contributed by atoms with van der Waals surface area (Å²) < 4.78 is 35.5. The number of aliphatic imine (C=N–C) groups is 1. The van der Waals surface area contributed by atoms with E-state index in [1.807, 2.05) is 13.8 Å². The summed E-state index contributed by atoms with van der Waals surface area (Å²) in [6.07, 6.45) is 1.64. The molecule has 1 heterocycles. The topological polar surface area (TPSA) is 66.3 Å². The van der Waals surface area contributed by atoms with Crippen LogP contribution in [-0.4, -0.2) is 25.1 Å². The number of carbonyl (C=O) groups is 1. The molecule has 0 saturated heterocycles. The van der Waals surface area contributed by atoms with Gasteiger partial charge in [-0.25, -0.2) is 14.2 Å². The van der Waals surface area contributed by atoms with E-state index in [0.717, 1.165) is 11.3 Å². The summed E-state index contributed by atoms with van der Waals surface area (Å²) in [6, 6.07) is 18.6. The largest absolute Gasteiger partial charge is 0.494 e. The van der Waals surface area contributed by atoms with Gasteiger partial charge in [0.2, 0.25) is 5.90 Å². The molecule has 6 nitrogen and oxygen atoms in total. The van der Waals surface area contributed by atoms with E-state index in [1.54, 1.807) is 60.7 Å². The summed E-state index contributed by atoms with van der Waals surface area (Å²) in [4.78, 5) is 16.7. The Bertz CT molecular complexity index is 1220. The minimum absolute atomic E-state index is 0.186. The van der Waals surface area contributed by atoms with Crippen molar-refractivity contribution in [3.05, 3.63) is 94.9 Å². The lowest BCUT2D eigenvalue weighted by Gasteiger charge is -2.13. The van der Waals surface area contributed by atoms with Gasteiger partial charge in [0.1, 0.15) is 18.2 Å². The van der Waals surface area contributed by atoms with Crippen LogP contribution in [0.1, 0.15) is 30.5 Å². The summed E-state index contributed by atoms with van der Waals surface area (Å²) in [5, 5.41) is 0. The van der Waals surface area contributed by atoms with Crippen LogP contribution >= 0.6 is 0 Å². The third kappa shape index (κ3) is 5.61. The van der Waals surface area contributed by atoms with Crippen molar-refractivity contribution in [2.24, 2.45) is 4.99 Å². The fourth-order valence-electron chi connectivity index (χ4n) is 3.29. The number of rotatable bonds is 9. The summed E-state index contributed by atoms with van der Waals surface area (Å²) in [7, 11) is 0. The number of carbonyl (C=O) groups excluding carboxylic acids is 1. The fraction of sp³-hybridized carbons (Fsp3) is 0.185. The number of nitrogens with zero attached hydrogens (tertiary/aromatic N) is 1. The lowest BCUT2D eigenvalue weighted by molar-refractivity contribution is -0.129. The highest BCUT2D eigenvalue weighted by Crippen LogP contribution is 2.31. The summed E-state index contributed by atoms with van der Waals surface area (Å²) >= 11 is 0. The molecule has 3 aromatic carbocycles. The van der Waals surface area contributed by atoms with Crippen LogP contribution in [0.4, 0.5) is 4.39 Å². The van der Waals surface area contributed by atoms with Gasteiger partial charge in [0.05, 0.1) is 13.2 Å². The van der Waals surface area contributed by atoms with E-state index in [2.05, 4.69) is 4.99 Å². The molecular formula is C27H24FNO5. The highest BCUT2D eigenvalue weighted by molar-refractivity contribution is 6.12. The second-order valence-corrected chi connectivity index (χ2v) is 7.35. The molecule has 0 saturated carbocycles. The predicted molar refractivity (Wildman–Crippen MR) is 127 cm³/mol. The number of benzene rings is 3. The van der Waals surface area contributed by atoms with Crippen LogP contribution in [0.25, 0.3) is 6.08 Å². The van der Waals surface area contributed by atoms with E-state index >= 15 is 0 Å². The van der Waals surface area contributed by atoms with Gasteiger partial charge in [-0.05, 0) is 79.6 Å². The minimum Gasteiger partial charge on any atom is -0.494 e. The van der Waals surface area contributed by atoms with Crippen molar-refractivity contribution in [2.45, 2.75) is 20.5 Å². The van der Waals surface area contributed by atoms with Crippen LogP contribution in [0.15, 0.2) is 77.4 Å². The first kappa shape index (κ1) is 23.0. The molecule has 34 heavy (non-hydrogen) atoms. The molecule has 0 N–H and O–H groups in total. The molecule has 0 radical (unpaired) electrons. The lowest BCUT2D eigenvalue weighted by atomic mass is 10.1. The Morgan fingerprint density at radius 1 is 0.882 bits per heavy atom. The average Bonchev–Trinajstić information content (AvgIpc) is 3.20. The van der Waals surface area contributed by atoms with Crippen LogP contribution in [0.5, 0.6) is 17.2 Å². The van der Waals surface area contributed by atoms with Crippen LogP contribution in [0.3, 0.4) is 0 Å². The van der Waals surface area contributed by atoms with E-state index in [0.29, 0.717) is 35.8 Å². The smallest absolute Gasteiger partial charge is 0.363 e. The van der Waals surface area contributed by atoms with Crippen LogP contribution in [0.2, 0.25) is 0 Å². The molecule has 0 fully saturated rings. The zero-order chi connectivity index (χ0) is 23.9. The maximum atomic E-state index is 13.1. The number of ether oxygens (including phenoxy) is 4. The molecule has 0 bridgehead atoms. The van der Waals surface area contributed by atoms with Gasteiger partial charge in [-0.1, -0.05) is 18.2 Å². The molecule has 3 aromatic rings. The average molecular weight is 461 g/mol. The van der Waals surface area contributed by atoms with Crippen molar-refractivity contribution < 1.29 is 28.1 Å². The summed E-state index contributed by atoms with van der Waals surface area (Å²) in [6.45, 7) is 5.06. The Morgan fingerprint density at radius 2 is 1.62 bits per heavy atom. The van der Waals surface area contributed by atoms with Gasteiger partial charge < -0.3 is 18.9 Å². The molecule has 4 rings (SSSR count). The van der Waals surface area contributed by atoms with Gasteiger partial charge in [-0.15, -0.1) is 0 Å². The fourth-order valence-corrected chi connectivity index (χ4v) is 3.29. The van der Waals surface area contributed by atoms with E-state index in [1.165, 1.54) is 12.1 Å². The number of cyclic esters (lactones) is 1. The number of esters is 1. The van der Waals surface area contributed by atoms with Gasteiger partial charge >= 0.3 is 5.97 Å². The van der Waals surface area contributed by atoms with Crippen LogP contribution in [0, 0.1) is 5.82 Å². The van der Waals surface area contributed by atoms with E-state index < -0.39 is 5.97 Å². The molecule has 1 aliphatic heterocycles. The first-order chi connectivity index (χ1) is 16.6. The van der Waals surface area contributed by atoms with Crippen molar-refractivity contribution >= 4 is 17.9 Å². The van der Waals surface area contributed by atoms with Crippen molar-refractivity contribution in [1.29, 1.82) is 0 Å². The maximum Gasteiger partial charge on any atom is 0.363 e. The third-order valence-electron chi connectivity index (χ3n) is 4.91. The van der Waals surface area contributed by atoms with Crippen molar-refractivity contribution in [1.82, 2.24) is 0 Å². The second kappa shape index (κ2) is 10.7. The van der Waals surface area contributed by atoms with Crippen LogP contribution < -0.4 is 14.2 Å². The Kier molecular flexibility index (Phi) is 7.22. The zero-order valence-electron chi connectivity index (χ0n) is 18.9. The molecule has 0 atom stereocenters. The summed E-state index contributed by atoms with van der Waals surface area (Å²) in [5.74, 6) is 1.22. The highest BCUT2D eigenvalue weighted by atomic mass is 19.1. The lowest BCUT2D eigenvalue weighted by Crippen LogP contribution is -2.05. The van der Waals surface area contributed by atoms with Gasteiger partial charge in [-0.2, -0.15) is 0 Å². The maximum absolute atomic E-state index is 13.1. The van der Waals surface area contributed by atoms with E-state index in [9.17, 15) is 9.18 Å². The van der Waals surface area contributed by atoms with Gasteiger partial charge in [0.25, 0.3) is 0 Å². The number of hydrogen-bond acceptors (Lipinski definition) is 6. The molecular weight excluding hydrogens is 437 g/mol. The quantitative estimate of drug-likeness (QED) is 0.309. The van der Waals surface area contributed by atoms with Crippen molar-refractivity contribution in [2.75, 3.05) is 13.2 Å². The van der Waals surface area contributed by atoms with E-state index in [4.69, 9.17) is 18.9 Å². The van der Waals surface area contributed by atoms with Gasteiger partial charge in [0, 0.05) is 5.56 Å². The first-order valence-electron chi connectivity index (χ1n) is 11.0. The summed E-state index contributed by atoms with van der Waals surface area (Å²) in [5.41, 5.74) is 2.41. The minimum atomic E-state index is -0.529. The molecule has 0 spiro atoms. The molecule has 0 aromatic heterocycles. The second-order valence-electron chi connectivity index (χ2n) is 7.35. The van der Waals surface area contributed by atoms with Crippen LogP contribution in [-0.2, 0) is 16.1 Å². The first-order valence-corrected chi connectivity index (χ1v) is 11.0. The zero-order valence-corrected chi connectivity index (χ0v) is 18.9. The molecule has 0 amide bonds. The normalized spacial score (nSPS) is 14.0. The van der Waals surface area contributed by atoms with Gasteiger partial charge in [-0.3, -0.25) is 0 Å². The monoisotopic (exact) mass is 461 g/mol. The Labute approximate surface area is 197 Å². The standard InChI is InChI=1S/C27H24FNO5/c1-3-31-22-12-8-20(9-13-22)26-29-23(27(30)34-26)15-19-7-14-24(25(16-19)32-4-2)33-17-18-5-10-21(28)11-6-18/h5-16H,3-4,17H2,1-2H3/b23-15-. The Morgan fingerprint density at radius 3 is 2.32 bits per heavy atom. The van der Waals surface area contributed by atoms with Crippen molar-refractivity contribution in [3.63, 3.8) is 0 Å². The van der Waals surface area contributed by atoms with Crippen molar-refractivity contribution in [3.8, 4) is 17.2 Å². The SMILES string of the molecule is CCOc1ccc(C2=N/C(=C\c3ccc(OCc4ccc(F)cc4)c(OCC)c3)C(=O)O2)cc1. The highest BCUT2D eigenvalue weighted by Gasteiger charge is 2.24. The number of hydrogen-bond donors (Lipinski definition) is 0. The molecule has 7 heteroatoms. The third-order valence-corrected chi connectivity index (χ3v) is 4.91. The Balaban J connectivity index is 1.52. The molecule has 1 aliphatic rings.